The van der Waals surface area contributed by atoms with Crippen molar-refractivity contribution >= 4 is 34.6 Å². The summed E-state index contributed by atoms with van der Waals surface area (Å²) in [6.07, 6.45) is 1.69. The highest BCUT2D eigenvalue weighted by atomic mass is 32.1. The van der Waals surface area contributed by atoms with Crippen LogP contribution in [0.1, 0.15) is 22.3 Å². The van der Waals surface area contributed by atoms with Gasteiger partial charge in [0.05, 0.1) is 11.4 Å². The zero-order valence-corrected chi connectivity index (χ0v) is 15.8. The second kappa shape index (κ2) is 8.41. The number of rotatable bonds is 5. The van der Waals surface area contributed by atoms with Crippen molar-refractivity contribution in [3.63, 3.8) is 0 Å². The first-order valence-electron chi connectivity index (χ1n) is 8.42. The molecule has 0 unspecified atom stereocenters. The summed E-state index contributed by atoms with van der Waals surface area (Å²) in [5, 5.41) is 8.92. The maximum absolute atomic E-state index is 12.7. The second-order valence-corrected chi connectivity index (χ2v) is 6.67. The predicted molar refractivity (Wildman–Crippen MR) is 107 cm³/mol. The molecule has 27 heavy (non-hydrogen) atoms. The van der Waals surface area contributed by atoms with Crippen molar-refractivity contribution in [2.24, 2.45) is 0 Å². The predicted octanol–water partition coefficient (Wildman–Crippen LogP) is 3.91. The number of pyridine rings is 1. The van der Waals surface area contributed by atoms with E-state index in [2.05, 4.69) is 25.9 Å². The Morgan fingerprint density at radius 1 is 1.07 bits per heavy atom. The van der Waals surface area contributed by atoms with E-state index in [4.69, 9.17) is 0 Å². The highest BCUT2D eigenvalue weighted by molar-refractivity contribution is 7.17. The van der Waals surface area contributed by atoms with Crippen molar-refractivity contribution in [3.05, 3.63) is 59.2 Å². The van der Waals surface area contributed by atoms with Gasteiger partial charge in [-0.1, -0.05) is 12.1 Å². The van der Waals surface area contributed by atoms with Gasteiger partial charge in [0.15, 0.2) is 0 Å². The first-order chi connectivity index (χ1) is 13.1. The van der Waals surface area contributed by atoms with Crippen LogP contribution in [-0.4, -0.2) is 28.5 Å². The van der Waals surface area contributed by atoms with Gasteiger partial charge in [-0.05, 0) is 44.2 Å². The zero-order valence-electron chi connectivity index (χ0n) is 14.9. The fourth-order valence-corrected chi connectivity index (χ4v) is 3.34. The van der Waals surface area contributed by atoms with Gasteiger partial charge in [-0.15, -0.1) is 11.3 Å². The van der Waals surface area contributed by atoms with E-state index < -0.39 is 0 Å². The topological polar surface area (TPSA) is 96.0 Å². The molecule has 0 bridgehead atoms. The van der Waals surface area contributed by atoms with Crippen molar-refractivity contribution < 1.29 is 9.59 Å². The Labute approximate surface area is 160 Å². The van der Waals surface area contributed by atoms with Crippen LogP contribution in [0.25, 0.3) is 10.7 Å². The van der Waals surface area contributed by atoms with Crippen LogP contribution in [0.3, 0.4) is 0 Å². The van der Waals surface area contributed by atoms with Crippen LogP contribution >= 0.6 is 11.3 Å². The van der Waals surface area contributed by atoms with Gasteiger partial charge in [0.1, 0.15) is 9.88 Å². The van der Waals surface area contributed by atoms with Crippen molar-refractivity contribution in [2.75, 3.05) is 17.2 Å². The second-order valence-electron chi connectivity index (χ2n) is 5.67. The number of nitrogens with one attached hydrogen (secondary N) is 3. The van der Waals surface area contributed by atoms with Crippen LogP contribution in [0.2, 0.25) is 0 Å². The number of nitrogens with zero attached hydrogens (tertiary/aromatic N) is 2. The summed E-state index contributed by atoms with van der Waals surface area (Å²) in [7, 11) is 0. The molecular formula is C19H19N5O2S. The molecule has 0 aliphatic heterocycles. The first kappa shape index (κ1) is 18.5. The lowest BCUT2D eigenvalue weighted by Crippen LogP contribution is -2.28. The highest BCUT2D eigenvalue weighted by Crippen LogP contribution is 2.27. The molecule has 8 heteroatoms. The SMILES string of the molecule is CCNC(=O)Nc1cccc(NC(=O)c2sc(-c3ccccn3)nc2C)c1. The molecular weight excluding hydrogens is 362 g/mol. The summed E-state index contributed by atoms with van der Waals surface area (Å²) >= 11 is 1.30. The molecule has 3 N–H and O–H groups in total. The molecule has 1 aromatic carbocycles. The average Bonchev–Trinajstić information content (AvgIpc) is 3.05. The van der Waals surface area contributed by atoms with Crippen LogP contribution in [0.15, 0.2) is 48.7 Å². The monoisotopic (exact) mass is 381 g/mol. The Morgan fingerprint density at radius 2 is 1.85 bits per heavy atom. The number of hydrogen-bond acceptors (Lipinski definition) is 5. The standard InChI is InChI=1S/C19H19N5O2S/c1-3-20-19(26)24-14-8-6-7-13(11-14)23-17(25)16-12(2)22-18(27-16)15-9-4-5-10-21-15/h4-11H,3H2,1-2H3,(H,23,25)(H2,20,24,26). The van der Waals surface area contributed by atoms with E-state index in [1.807, 2.05) is 25.1 Å². The number of carbonyl (C=O) groups excluding carboxylic acids is 2. The molecule has 0 aliphatic carbocycles. The van der Waals surface area contributed by atoms with Gasteiger partial charge in [-0.2, -0.15) is 0 Å². The van der Waals surface area contributed by atoms with Gasteiger partial charge in [-0.3, -0.25) is 9.78 Å². The Balaban J connectivity index is 1.74. The van der Waals surface area contributed by atoms with E-state index in [0.717, 1.165) is 5.69 Å². The molecule has 7 nitrogen and oxygen atoms in total. The Hall–Kier alpha value is -3.26. The number of hydrogen-bond donors (Lipinski definition) is 3. The molecule has 138 valence electrons. The molecule has 0 saturated heterocycles. The molecule has 0 radical (unpaired) electrons. The number of amides is 3. The normalized spacial score (nSPS) is 10.3. The first-order valence-corrected chi connectivity index (χ1v) is 9.23. The Bertz CT molecular complexity index is 956. The number of carbonyl (C=O) groups is 2. The average molecular weight is 381 g/mol. The molecule has 2 aromatic heterocycles. The van der Waals surface area contributed by atoms with Crippen molar-refractivity contribution in [2.45, 2.75) is 13.8 Å². The number of aromatic nitrogens is 2. The van der Waals surface area contributed by atoms with E-state index in [9.17, 15) is 9.59 Å². The van der Waals surface area contributed by atoms with Crippen molar-refractivity contribution in [1.82, 2.24) is 15.3 Å². The summed E-state index contributed by atoms with van der Waals surface area (Å²) in [6.45, 7) is 4.17. The van der Waals surface area contributed by atoms with Gasteiger partial charge >= 0.3 is 6.03 Å². The third-order valence-electron chi connectivity index (χ3n) is 3.60. The molecule has 3 amide bonds. The van der Waals surface area contributed by atoms with Crippen LogP contribution in [0.4, 0.5) is 16.2 Å². The fraction of sp³-hybridized carbons (Fsp3) is 0.158. The molecule has 0 atom stereocenters. The lowest BCUT2D eigenvalue weighted by atomic mass is 10.2. The molecule has 0 saturated carbocycles. The van der Waals surface area contributed by atoms with Gasteiger partial charge in [-0.25, -0.2) is 9.78 Å². The summed E-state index contributed by atoms with van der Waals surface area (Å²) in [5.74, 6) is -0.248. The summed E-state index contributed by atoms with van der Waals surface area (Å²) in [5.41, 5.74) is 2.56. The number of aryl methyl sites for hydroxylation is 1. The molecule has 3 rings (SSSR count). The van der Waals surface area contributed by atoms with E-state index in [1.54, 1.807) is 37.4 Å². The van der Waals surface area contributed by atoms with E-state index in [-0.39, 0.29) is 11.9 Å². The third-order valence-corrected chi connectivity index (χ3v) is 4.78. The van der Waals surface area contributed by atoms with Gasteiger partial charge in [0.2, 0.25) is 0 Å². The van der Waals surface area contributed by atoms with E-state index in [1.165, 1.54) is 11.3 Å². The Morgan fingerprint density at radius 3 is 2.56 bits per heavy atom. The fourth-order valence-electron chi connectivity index (χ4n) is 2.40. The molecule has 2 heterocycles. The minimum absolute atomic E-state index is 0.248. The number of anilines is 2. The van der Waals surface area contributed by atoms with Gasteiger partial charge < -0.3 is 16.0 Å². The maximum Gasteiger partial charge on any atom is 0.319 e. The summed E-state index contributed by atoms with van der Waals surface area (Å²) < 4.78 is 0. The summed E-state index contributed by atoms with van der Waals surface area (Å²) in [6, 6.07) is 12.2. The van der Waals surface area contributed by atoms with Crippen LogP contribution in [0.5, 0.6) is 0 Å². The molecule has 0 spiro atoms. The van der Waals surface area contributed by atoms with Crippen LogP contribution in [0, 0.1) is 6.92 Å². The van der Waals surface area contributed by atoms with Crippen LogP contribution in [-0.2, 0) is 0 Å². The number of thiazole rings is 1. The van der Waals surface area contributed by atoms with Crippen molar-refractivity contribution in [1.29, 1.82) is 0 Å². The van der Waals surface area contributed by atoms with E-state index in [0.29, 0.717) is 33.5 Å². The molecule has 0 fully saturated rings. The van der Waals surface area contributed by atoms with Crippen LogP contribution < -0.4 is 16.0 Å². The third kappa shape index (κ3) is 4.68. The highest BCUT2D eigenvalue weighted by Gasteiger charge is 2.17. The Kier molecular flexibility index (Phi) is 5.77. The smallest absolute Gasteiger partial charge is 0.319 e. The quantitative estimate of drug-likeness (QED) is 0.624. The van der Waals surface area contributed by atoms with Gasteiger partial charge in [0, 0.05) is 24.1 Å². The lowest BCUT2D eigenvalue weighted by Gasteiger charge is -2.08. The summed E-state index contributed by atoms with van der Waals surface area (Å²) in [4.78, 5) is 33.5. The molecule has 3 aromatic rings. The maximum atomic E-state index is 12.7. The largest absolute Gasteiger partial charge is 0.338 e. The number of urea groups is 1. The molecule has 0 aliphatic rings. The van der Waals surface area contributed by atoms with Gasteiger partial charge in [0.25, 0.3) is 5.91 Å². The number of benzene rings is 1. The zero-order chi connectivity index (χ0) is 19.2. The van der Waals surface area contributed by atoms with Crippen molar-refractivity contribution in [3.8, 4) is 10.7 Å². The van der Waals surface area contributed by atoms with E-state index >= 15 is 0 Å². The lowest BCUT2D eigenvalue weighted by molar-refractivity contribution is 0.103. The minimum atomic E-state index is -0.292. The minimum Gasteiger partial charge on any atom is -0.338 e.